The van der Waals surface area contributed by atoms with Crippen molar-refractivity contribution in [2.75, 3.05) is 6.61 Å². The first kappa shape index (κ1) is 11.1. The van der Waals surface area contributed by atoms with E-state index in [1.807, 2.05) is 0 Å². The SMILES string of the molecule is O=C(Cn1cccn1)NC1(CO)CCCC1. The maximum atomic E-state index is 11.7. The molecule has 1 fully saturated rings. The predicted molar refractivity (Wildman–Crippen MR) is 58.7 cm³/mol. The summed E-state index contributed by atoms with van der Waals surface area (Å²) in [5.74, 6) is -0.0837. The van der Waals surface area contributed by atoms with Crippen molar-refractivity contribution < 1.29 is 9.90 Å². The Hall–Kier alpha value is -1.36. The molecule has 0 spiro atoms. The van der Waals surface area contributed by atoms with E-state index in [0.29, 0.717) is 0 Å². The number of nitrogens with zero attached hydrogens (tertiary/aromatic N) is 2. The molecule has 0 aromatic carbocycles. The number of amides is 1. The van der Waals surface area contributed by atoms with E-state index < -0.39 is 0 Å². The lowest BCUT2D eigenvalue weighted by molar-refractivity contribution is -0.124. The highest BCUT2D eigenvalue weighted by Gasteiger charge is 2.34. The maximum Gasteiger partial charge on any atom is 0.242 e. The second-order valence-electron chi connectivity index (χ2n) is 4.40. The van der Waals surface area contributed by atoms with Crippen LogP contribution in [-0.4, -0.2) is 32.9 Å². The van der Waals surface area contributed by atoms with Crippen molar-refractivity contribution in [1.29, 1.82) is 0 Å². The molecule has 1 heterocycles. The molecule has 2 N–H and O–H groups in total. The smallest absolute Gasteiger partial charge is 0.242 e. The minimum Gasteiger partial charge on any atom is -0.394 e. The van der Waals surface area contributed by atoms with Crippen LogP contribution in [0.15, 0.2) is 18.5 Å². The summed E-state index contributed by atoms with van der Waals surface area (Å²) >= 11 is 0. The Balaban J connectivity index is 1.91. The van der Waals surface area contributed by atoms with Gasteiger partial charge in [0.15, 0.2) is 0 Å². The van der Waals surface area contributed by atoms with Crippen LogP contribution >= 0.6 is 0 Å². The highest BCUT2D eigenvalue weighted by molar-refractivity contribution is 5.76. The van der Waals surface area contributed by atoms with Gasteiger partial charge in [0.2, 0.25) is 5.91 Å². The highest BCUT2D eigenvalue weighted by Crippen LogP contribution is 2.28. The van der Waals surface area contributed by atoms with Gasteiger partial charge in [-0.15, -0.1) is 0 Å². The van der Waals surface area contributed by atoms with Gasteiger partial charge in [-0.1, -0.05) is 12.8 Å². The van der Waals surface area contributed by atoms with Gasteiger partial charge in [0.1, 0.15) is 6.54 Å². The van der Waals surface area contributed by atoms with Gasteiger partial charge < -0.3 is 10.4 Å². The van der Waals surface area contributed by atoms with Crippen molar-refractivity contribution in [2.24, 2.45) is 0 Å². The molecule has 88 valence electrons. The Morgan fingerprint density at radius 2 is 2.25 bits per heavy atom. The molecule has 0 atom stereocenters. The second kappa shape index (κ2) is 4.65. The number of aromatic nitrogens is 2. The molecular formula is C11H17N3O2. The van der Waals surface area contributed by atoms with Crippen LogP contribution in [0.3, 0.4) is 0 Å². The van der Waals surface area contributed by atoms with Crippen LogP contribution in [0.5, 0.6) is 0 Å². The molecule has 1 saturated carbocycles. The summed E-state index contributed by atoms with van der Waals surface area (Å²) in [4.78, 5) is 11.7. The van der Waals surface area contributed by atoms with Gasteiger partial charge in [-0.3, -0.25) is 9.48 Å². The van der Waals surface area contributed by atoms with Gasteiger partial charge >= 0.3 is 0 Å². The normalized spacial score (nSPS) is 18.6. The van der Waals surface area contributed by atoms with E-state index in [4.69, 9.17) is 0 Å². The third-order valence-corrected chi connectivity index (χ3v) is 3.13. The number of hydrogen-bond donors (Lipinski definition) is 2. The van der Waals surface area contributed by atoms with Gasteiger partial charge in [0.05, 0.1) is 12.1 Å². The summed E-state index contributed by atoms with van der Waals surface area (Å²) in [5, 5.41) is 16.3. The van der Waals surface area contributed by atoms with Gasteiger partial charge in [-0.2, -0.15) is 5.10 Å². The van der Waals surface area contributed by atoms with Gasteiger partial charge in [-0.25, -0.2) is 0 Å². The zero-order valence-corrected chi connectivity index (χ0v) is 9.22. The molecule has 1 aliphatic carbocycles. The average molecular weight is 223 g/mol. The van der Waals surface area contributed by atoms with Crippen LogP contribution in [0.1, 0.15) is 25.7 Å². The number of aliphatic hydroxyl groups excluding tert-OH is 1. The van der Waals surface area contributed by atoms with E-state index in [-0.39, 0.29) is 24.6 Å². The molecule has 0 unspecified atom stereocenters. The van der Waals surface area contributed by atoms with Crippen LogP contribution in [-0.2, 0) is 11.3 Å². The molecule has 16 heavy (non-hydrogen) atoms. The van der Waals surface area contributed by atoms with Crippen LogP contribution in [0, 0.1) is 0 Å². The third-order valence-electron chi connectivity index (χ3n) is 3.13. The number of hydrogen-bond acceptors (Lipinski definition) is 3. The number of carbonyl (C=O) groups is 1. The van der Waals surface area contributed by atoms with E-state index in [1.54, 1.807) is 23.1 Å². The summed E-state index contributed by atoms with van der Waals surface area (Å²) in [5.41, 5.74) is -0.385. The van der Waals surface area contributed by atoms with Crippen LogP contribution < -0.4 is 5.32 Å². The summed E-state index contributed by atoms with van der Waals surface area (Å²) in [6.45, 7) is 0.243. The Kier molecular flexibility index (Phi) is 3.24. The van der Waals surface area contributed by atoms with E-state index in [0.717, 1.165) is 25.7 Å². The summed E-state index contributed by atoms with van der Waals surface area (Å²) < 4.78 is 1.58. The Morgan fingerprint density at radius 3 is 2.81 bits per heavy atom. The quantitative estimate of drug-likeness (QED) is 0.771. The molecular weight excluding hydrogens is 206 g/mol. The molecule has 1 aliphatic rings. The van der Waals surface area contributed by atoms with Gasteiger partial charge in [0.25, 0.3) is 0 Å². The second-order valence-corrected chi connectivity index (χ2v) is 4.40. The Labute approximate surface area is 94.5 Å². The van der Waals surface area contributed by atoms with Crippen molar-refractivity contribution >= 4 is 5.91 Å². The van der Waals surface area contributed by atoms with Crippen molar-refractivity contribution in [3.8, 4) is 0 Å². The molecule has 2 rings (SSSR count). The predicted octanol–water partition coefficient (Wildman–Crippen LogP) is 0.304. The first-order valence-electron chi connectivity index (χ1n) is 5.63. The molecule has 1 aromatic heterocycles. The van der Waals surface area contributed by atoms with E-state index in [2.05, 4.69) is 10.4 Å². The van der Waals surface area contributed by atoms with Gasteiger partial charge in [-0.05, 0) is 18.9 Å². The zero-order valence-electron chi connectivity index (χ0n) is 9.22. The average Bonchev–Trinajstić information content (AvgIpc) is 2.90. The first-order chi connectivity index (χ1) is 7.74. The number of carbonyl (C=O) groups excluding carboxylic acids is 1. The minimum atomic E-state index is -0.385. The number of aliphatic hydroxyl groups is 1. The molecule has 0 bridgehead atoms. The molecule has 1 amide bonds. The molecule has 5 nitrogen and oxygen atoms in total. The van der Waals surface area contributed by atoms with E-state index in [9.17, 15) is 9.90 Å². The maximum absolute atomic E-state index is 11.7. The van der Waals surface area contributed by atoms with Crippen molar-refractivity contribution in [1.82, 2.24) is 15.1 Å². The van der Waals surface area contributed by atoms with E-state index >= 15 is 0 Å². The fourth-order valence-corrected chi connectivity index (χ4v) is 2.25. The number of nitrogens with one attached hydrogen (secondary N) is 1. The molecule has 0 saturated heterocycles. The van der Waals surface area contributed by atoms with Crippen LogP contribution in [0.25, 0.3) is 0 Å². The third kappa shape index (κ3) is 2.41. The Bertz CT molecular complexity index is 342. The minimum absolute atomic E-state index is 0.0256. The Morgan fingerprint density at radius 1 is 1.50 bits per heavy atom. The van der Waals surface area contributed by atoms with Crippen molar-refractivity contribution in [3.63, 3.8) is 0 Å². The summed E-state index contributed by atoms with van der Waals surface area (Å²) in [6, 6.07) is 1.78. The molecule has 0 radical (unpaired) electrons. The van der Waals surface area contributed by atoms with Crippen molar-refractivity contribution in [3.05, 3.63) is 18.5 Å². The topological polar surface area (TPSA) is 67.2 Å². The van der Waals surface area contributed by atoms with E-state index in [1.165, 1.54) is 0 Å². The van der Waals surface area contributed by atoms with Crippen LogP contribution in [0.2, 0.25) is 0 Å². The standard InChI is InChI=1S/C11H17N3O2/c15-9-11(4-1-2-5-11)13-10(16)8-14-7-3-6-12-14/h3,6-7,15H,1-2,4-5,8-9H2,(H,13,16). The molecule has 0 aliphatic heterocycles. The van der Waals surface area contributed by atoms with Crippen molar-refractivity contribution in [2.45, 2.75) is 37.8 Å². The lowest BCUT2D eigenvalue weighted by Gasteiger charge is -2.27. The fraction of sp³-hybridized carbons (Fsp3) is 0.636. The number of rotatable bonds is 4. The lowest BCUT2D eigenvalue weighted by atomic mass is 9.99. The van der Waals surface area contributed by atoms with Crippen LogP contribution in [0.4, 0.5) is 0 Å². The molecule has 1 aromatic rings. The summed E-state index contributed by atoms with van der Waals surface area (Å²) in [7, 11) is 0. The lowest BCUT2D eigenvalue weighted by Crippen LogP contribution is -2.50. The monoisotopic (exact) mass is 223 g/mol. The zero-order chi connectivity index (χ0) is 11.4. The molecule has 5 heteroatoms. The largest absolute Gasteiger partial charge is 0.394 e. The summed E-state index contributed by atoms with van der Waals surface area (Å²) in [6.07, 6.45) is 7.28. The fourth-order valence-electron chi connectivity index (χ4n) is 2.25. The van der Waals surface area contributed by atoms with Gasteiger partial charge in [0, 0.05) is 12.4 Å². The highest BCUT2D eigenvalue weighted by atomic mass is 16.3. The first-order valence-corrected chi connectivity index (χ1v) is 5.63.